The van der Waals surface area contributed by atoms with Crippen LogP contribution < -0.4 is 5.32 Å². The molecule has 4 heteroatoms. The van der Waals surface area contributed by atoms with Crippen LogP contribution in [0.1, 0.15) is 49.5 Å². The zero-order valence-corrected chi connectivity index (χ0v) is 13.6. The Kier molecular flexibility index (Phi) is 3.50. The molecule has 1 atom stereocenters. The van der Waals surface area contributed by atoms with Gasteiger partial charge in [-0.2, -0.15) is 0 Å². The van der Waals surface area contributed by atoms with E-state index in [1.165, 1.54) is 5.56 Å². The number of carbonyl (C=O) groups is 2. The topological polar surface area (TPSA) is 49.4 Å². The molecule has 0 radical (unpaired) electrons. The van der Waals surface area contributed by atoms with Gasteiger partial charge in [0.25, 0.3) is 5.91 Å². The first-order valence-corrected chi connectivity index (χ1v) is 7.96. The molecule has 0 bridgehead atoms. The second-order valence-corrected chi connectivity index (χ2v) is 7.76. The maximum absolute atomic E-state index is 12.7. The Bertz CT molecular complexity index is 601. The minimum absolute atomic E-state index is 0.0297. The summed E-state index contributed by atoms with van der Waals surface area (Å²) in [7, 11) is 0. The SMILES string of the molecule is CC(C)(C)c1ccc(C(=O)N2CCC3(CNC(=O)C3)C2)cc1. The van der Waals surface area contributed by atoms with E-state index >= 15 is 0 Å². The molecule has 2 aliphatic rings. The molecule has 22 heavy (non-hydrogen) atoms. The summed E-state index contributed by atoms with van der Waals surface area (Å²) in [6, 6.07) is 7.93. The highest BCUT2D eigenvalue weighted by molar-refractivity contribution is 5.94. The summed E-state index contributed by atoms with van der Waals surface area (Å²) in [6.45, 7) is 8.63. The third-order valence-corrected chi connectivity index (χ3v) is 4.92. The van der Waals surface area contributed by atoms with Crippen LogP contribution in [0, 0.1) is 5.41 Å². The van der Waals surface area contributed by atoms with Crippen molar-refractivity contribution in [2.45, 2.75) is 39.0 Å². The Morgan fingerprint density at radius 2 is 1.91 bits per heavy atom. The Morgan fingerprint density at radius 1 is 1.23 bits per heavy atom. The van der Waals surface area contributed by atoms with E-state index in [4.69, 9.17) is 0 Å². The predicted octanol–water partition coefficient (Wildman–Crippen LogP) is 2.34. The van der Waals surface area contributed by atoms with Gasteiger partial charge in [-0.25, -0.2) is 0 Å². The van der Waals surface area contributed by atoms with Gasteiger partial charge < -0.3 is 10.2 Å². The molecule has 4 nitrogen and oxygen atoms in total. The Hall–Kier alpha value is -1.84. The van der Waals surface area contributed by atoms with E-state index in [0.717, 1.165) is 18.5 Å². The number of rotatable bonds is 1. The van der Waals surface area contributed by atoms with E-state index in [-0.39, 0.29) is 22.6 Å². The van der Waals surface area contributed by atoms with Gasteiger partial charge in [0.15, 0.2) is 0 Å². The average molecular weight is 300 g/mol. The largest absolute Gasteiger partial charge is 0.355 e. The Morgan fingerprint density at radius 3 is 2.45 bits per heavy atom. The maximum atomic E-state index is 12.7. The first-order valence-electron chi connectivity index (χ1n) is 7.96. The molecule has 0 aromatic heterocycles. The molecule has 1 unspecified atom stereocenters. The number of nitrogens with zero attached hydrogens (tertiary/aromatic N) is 1. The second kappa shape index (κ2) is 5.11. The molecular formula is C18H24N2O2. The summed E-state index contributed by atoms with van der Waals surface area (Å²) in [4.78, 5) is 26.0. The highest BCUT2D eigenvalue weighted by Gasteiger charge is 2.45. The molecule has 0 aliphatic carbocycles. The maximum Gasteiger partial charge on any atom is 0.253 e. The average Bonchev–Trinajstić information content (AvgIpc) is 3.04. The van der Waals surface area contributed by atoms with Crippen LogP contribution in [-0.4, -0.2) is 36.3 Å². The van der Waals surface area contributed by atoms with Gasteiger partial charge in [-0.3, -0.25) is 9.59 Å². The lowest BCUT2D eigenvalue weighted by atomic mass is 9.86. The summed E-state index contributed by atoms with van der Waals surface area (Å²) >= 11 is 0. The van der Waals surface area contributed by atoms with Gasteiger partial charge in [-0.1, -0.05) is 32.9 Å². The lowest BCUT2D eigenvalue weighted by Crippen LogP contribution is -2.33. The molecule has 3 rings (SSSR count). The van der Waals surface area contributed by atoms with E-state index < -0.39 is 0 Å². The fraction of sp³-hybridized carbons (Fsp3) is 0.556. The van der Waals surface area contributed by atoms with Crippen LogP contribution in [0.15, 0.2) is 24.3 Å². The number of hydrogen-bond acceptors (Lipinski definition) is 2. The van der Waals surface area contributed by atoms with Crippen molar-refractivity contribution in [3.05, 3.63) is 35.4 Å². The van der Waals surface area contributed by atoms with Gasteiger partial charge in [-0.15, -0.1) is 0 Å². The zero-order chi connectivity index (χ0) is 16.0. The highest BCUT2D eigenvalue weighted by atomic mass is 16.2. The summed E-state index contributed by atoms with van der Waals surface area (Å²) in [5.74, 6) is 0.195. The lowest BCUT2D eigenvalue weighted by molar-refractivity contribution is -0.119. The van der Waals surface area contributed by atoms with Crippen molar-refractivity contribution >= 4 is 11.8 Å². The molecule has 1 spiro atoms. The molecule has 0 saturated carbocycles. The minimum atomic E-state index is -0.0297. The van der Waals surface area contributed by atoms with Crippen LogP contribution in [0.5, 0.6) is 0 Å². The molecule has 2 heterocycles. The molecule has 118 valence electrons. The third-order valence-electron chi connectivity index (χ3n) is 4.92. The predicted molar refractivity (Wildman–Crippen MR) is 85.7 cm³/mol. The fourth-order valence-electron chi connectivity index (χ4n) is 3.44. The molecule has 2 fully saturated rings. The van der Waals surface area contributed by atoms with Crippen LogP contribution >= 0.6 is 0 Å². The normalized spacial score (nSPS) is 24.9. The molecule has 2 amide bonds. The van der Waals surface area contributed by atoms with Gasteiger partial charge in [0, 0.05) is 37.0 Å². The number of benzene rings is 1. The molecule has 2 aliphatic heterocycles. The van der Waals surface area contributed by atoms with E-state index in [2.05, 4.69) is 26.1 Å². The van der Waals surface area contributed by atoms with Crippen LogP contribution in [0.25, 0.3) is 0 Å². The minimum Gasteiger partial charge on any atom is -0.355 e. The smallest absolute Gasteiger partial charge is 0.253 e. The van der Waals surface area contributed by atoms with E-state index in [0.29, 0.717) is 19.5 Å². The first kappa shape index (κ1) is 15.1. The summed E-state index contributed by atoms with van der Waals surface area (Å²) in [6.07, 6.45) is 1.47. The monoisotopic (exact) mass is 300 g/mol. The summed E-state index contributed by atoms with van der Waals surface area (Å²) in [5.41, 5.74) is 2.03. The van der Waals surface area contributed by atoms with Gasteiger partial charge in [-0.05, 0) is 29.5 Å². The molecule has 1 aromatic carbocycles. The Labute approximate surface area is 131 Å². The van der Waals surface area contributed by atoms with Crippen molar-refractivity contribution in [2.75, 3.05) is 19.6 Å². The quantitative estimate of drug-likeness (QED) is 0.865. The molecule has 1 aromatic rings. The number of carbonyl (C=O) groups excluding carboxylic acids is 2. The summed E-state index contributed by atoms with van der Waals surface area (Å²) in [5, 5.41) is 2.90. The summed E-state index contributed by atoms with van der Waals surface area (Å²) < 4.78 is 0. The van der Waals surface area contributed by atoms with Crippen molar-refractivity contribution in [1.82, 2.24) is 10.2 Å². The Balaban J connectivity index is 1.71. The molecule has 2 saturated heterocycles. The van der Waals surface area contributed by atoms with Crippen LogP contribution in [-0.2, 0) is 10.2 Å². The second-order valence-electron chi connectivity index (χ2n) is 7.76. The standard InChI is InChI=1S/C18H24N2O2/c1-17(2,3)14-6-4-13(5-7-14)16(22)20-9-8-18(12-20)10-15(21)19-11-18/h4-7H,8-12H2,1-3H3,(H,19,21). The van der Waals surface area contributed by atoms with Gasteiger partial charge in [0.2, 0.25) is 5.91 Å². The van der Waals surface area contributed by atoms with E-state index in [9.17, 15) is 9.59 Å². The van der Waals surface area contributed by atoms with Gasteiger partial charge in [0.05, 0.1) is 0 Å². The van der Waals surface area contributed by atoms with Crippen molar-refractivity contribution in [1.29, 1.82) is 0 Å². The number of nitrogens with one attached hydrogen (secondary N) is 1. The highest BCUT2D eigenvalue weighted by Crippen LogP contribution is 2.37. The zero-order valence-electron chi connectivity index (χ0n) is 13.6. The number of hydrogen-bond donors (Lipinski definition) is 1. The third kappa shape index (κ3) is 2.74. The van der Waals surface area contributed by atoms with Gasteiger partial charge >= 0.3 is 0 Å². The molecular weight excluding hydrogens is 276 g/mol. The number of amides is 2. The van der Waals surface area contributed by atoms with Crippen molar-refractivity contribution in [3.8, 4) is 0 Å². The number of likely N-dealkylation sites (tertiary alicyclic amines) is 1. The van der Waals surface area contributed by atoms with Gasteiger partial charge in [0.1, 0.15) is 0 Å². The van der Waals surface area contributed by atoms with E-state index in [1.807, 2.05) is 29.2 Å². The fourth-order valence-corrected chi connectivity index (χ4v) is 3.44. The van der Waals surface area contributed by atoms with Crippen molar-refractivity contribution in [3.63, 3.8) is 0 Å². The first-order chi connectivity index (χ1) is 10.3. The van der Waals surface area contributed by atoms with Crippen molar-refractivity contribution < 1.29 is 9.59 Å². The molecule has 1 N–H and O–H groups in total. The van der Waals surface area contributed by atoms with Crippen molar-refractivity contribution in [2.24, 2.45) is 5.41 Å². The van der Waals surface area contributed by atoms with E-state index in [1.54, 1.807) is 0 Å². The van der Waals surface area contributed by atoms with Crippen LogP contribution in [0.4, 0.5) is 0 Å². The van der Waals surface area contributed by atoms with Crippen LogP contribution in [0.2, 0.25) is 0 Å². The van der Waals surface area contributed by atoms with Crippen LogP contribution in [0.3, 0.4) is 0 Å². The lowest BCUT2D eigenvalue weighted by Gasteiger charge is -2.22.